The van der Waals surface area contributed by atoms with Crippen molar-refractivity contribution in [1.29, 1.82) is 0 Å². The molecule has 0 aromatic rings. The number of rotatable bonds is 28. The molecule has 2 heterocycles. The number of aliphatic hydroxyl groups is 2. The van der Waals surface area contributed by atoms with E-state index < -0.39 is 90.0 Å². The highest BCUT2D eigenvalue weighted by atomic mass is 31.2. The zero-order valence-electron chi connectivity index (χ0n) is 39.4. The molecule has 0 bridgehead atoms. The minimum Gasteiger partial charge on any atom is -0.463 e. The number of amidine groups is 1. The number of likely N-dealkylation sites (N-methyl/N-ethyl adjacent to an activating group) is 1. The number of amides is 3. The number of esters is 2. The quantitative estimate of drug-likeness (QED) is 0.0129. The van der Waals surface area contributed by atoms with Gasteiger partial charge in [0.05, 0.1) is 13.2 Å². The lowest BCUT2D eigenvalue weighted by molar-refractivity contribution is -0.266. The minimum atomic E-state index is -4.88. The molecule has 67 heavy (non-hydrogen) atoms. The van der Waals surface area contributed by atoms with Crippen LogP contribution in [0.3, 0.4) is 0 Å². The molecule has 0 radical (unpaired) electrons. The second-order valence-corrected chi connectivity index (χ2v) is 16.3. The van der Waals surface area contributed by atoms with Gasteiger partial charge in [-0.05, 0) is 38.7 Å². The molecular weight excluding hydrogens is 936 g/mol. The third kappa shape index (κ3) is 31.2. The standard InChI is InChI=1S/C33H58N4O19P2.C2H5NO.C2H4O.C2H6/c1-21(40)50-18-25-31(53-22(2)41)24(48-4)15-29(54-25)49-14-8-6-10-28(42)35-12-7-5-9-23(16-38)17-52-58(46,47)56-32-26(19-51-57(44)45)55-33(30(32)43)37(3)13-11-27(34)36-20-39;1-2(3)4;1-2-3;1-2/h11,13,20,23-26,29-33,38,43-45H,5-10,12,14-19H2,1-4H3,(H,35,42)(H,46,47)(H2,34,36,39);1H3,(H2,3,4);2H,1H3;1-2H3/b13-11-;;;. The van der Waals surface area contributed by atoms with Crippen LogP contribution in [-0.2, 0) is 75.3 Å². The Morgan fingerprint density at radius 3 is 2.18 bits per heavy atom. The molecule has 0 aromatic carbocycles. The van der Waals surface area contributed by atoms with Crippen molar-refractivity contribution in [2.24, 2.45) is 22.4 Å². The zero-order valence-corrected chi connectivity index (χ0v) is 41.2. The van der Waals surface area contributed by atoms with Crippen LogP contribution in [0.25, 0.3) is 0 Å². The van der Waals surface area contributed by atoms with Crippen molar-refractivity contribution in [1.82, 2.24) is 10.2 Å². The van der Waals surface area contributed by atoms with Crippen molar-refractivity contribution in [3.05, 3.63) is 12.3 Å². The number of aliphatic imine (C=N–C) groups is 1. The number of primary amides is 1. The van der Waals surface area contributed by atoms with Crippen molar-refractivity contribution in [3.8, 4) is 0 Å². The maximum absolute atomic E-state index is 12.9. The summed E-state index contributed by atoms with van der Waals surface area (Å²) in [7, 11) is -4.79. The number of aldehydes is 1. The predicted octanol–water partition coefficient (Wildman–Crippen LogP) is 0.191. The number of carbonyl (C=O) groups is 6. The first-order valence-electron chi connectivity index (χ1n) is 21.3. The number of nitrogens with two attached hydrogens (primary N) is 2. The van der Waals surface area contributed by atoms with Crippen LogP contribution in [0.2, 0.25) is 0 Å². The van der Waals surface area contributed by atoms with Gasteiger partial charge in [0.1, 0.15) is 49.2 Å². The van der Waals surface area contributed by atoms with Crippen LogP contribution in [0, 0.1) is 5.92 Å². The van der Waals surface area contributed by atoms with Gasteiger partial charge < -0.3 is 84.3 Å². The Morgan fingerprint density at radius 2 is 1.63 bits per heavy atom. The van der Waals surface area contributed by atoms with E-state index in [2.05, 4.69) is 16.0 Å². The number of aliphatic hydroxyl groups excluding tert-OH is 2. The Bertz CT molecular complexity index is 1530. The molecule has 28 heteroatoms. The average molecular weight is 1010 g/mol. The molecule has 26 nitrogen and oxygen atoms in total. The zero-order chi connectivity index (χ0) is 51.5. The number of hydrogen-bond acceptors (Lipinski definition) is 21. The number of unbranched alkanes of at least 4 members (excludes halogenated alkanes) is 2. The molecule has 0 aliphatic carbocycles. The highest BCUT2D eigenvalue weighted by molar-refractivity contribution is 7.47. The lowest BCUT2D eigenvalue weighted by Crippen LogP contribution is -2.53. The van der Waals surface area contributed by atoms with Crippen molar-refractivity contribution in [3.63, 3.8) is 0 Å². The van der Waals surface area contributed by atoms with Crippen LogP contribution in [-0.4, -0.2) is 175 Å². The van der Waals surface area contributed by atoms with Crippen LogP contribution in [0.15, 0.2) is 17.3 Å². The van der Waals surface area contributed by atoms with Gasteiger partial charge in [0, 0.05) is 79.6 Å². The van der Waals surface area contributed by atoms with Crippen molar-refractivity contribution < 1.29 is 100 Å². The van der Waals surface area contributed by atoms with E-state index >= 15 is 0 Å². The van der Waals surface area contributed by atoms with Gasteiger partial charge in [-0.15, -0.1) is 0 Å². The van der Waals surface area contributed by atoms with E-state index in [0.29, 0.717) is 38.6 Å². The molecule has 2 saturated heterocycles. The van der Waals surface area contributed by atoms with E-state index in [-0.39, 0.29) is 63.3 Å². The Morgan fingerprint density at radius 1 is 1.00 bits per heavy atom. The van der Waals surface area contributed by atoms with E-state index in [1.54, 1.807) is 0 Å². The number of nitrogens with one attached hydrogen (secondary N) is 1. The summed E-state index contributed by atoms with van der Waals surface area (Å²) in [4.78, 5) is 97.3. The maximum Gasteiger partial charge on any atom is 0.472 e. The van der Waals surface area contributed by atoms with Crippen molar-refractivity contribution >= 4 is 58.7 Å². The lowest BCUT2D eigenvalue weighted by Gasteiger charge is -2.39. The SMILES string of the molecule is CC.CC(N)=O.CC=O.COC1CC(OCCCCC(=O)NCCCCC(CO)COP(=O)(O)OC2C(COP(O)O)OC(N(C)/C=C\C(N)=NC=O)C2O)OC(COC(C)=O)C1OC(C)=O. The smallest absolute Gasteiger partial charge is 0.463 e. The molecule has 390 valence electrons. The second kappa shape index (κ2) is 38.3. The van der Waals surface area contributed by atoms with Gasteiger partial charge in [0.2, 0.25) is 18.2 Å². The van der Waals surface area contributed by atoms with Crippen LogP contribution < -0.4 is 16.8 Å². The van der Waals surface area contributed by atoms with E-state index in [4.69, 9.17) is 52.5 Å². The fourth-order valence-electron chi connectivity index (χ4n) is 5.84. The molecule has 10 N–H and O–H groups in total. The molecule has 2 aliphatic heterocycles. The summed E-state index contributed by atoms with van der Waals surface area (Å²) in [5.74, 6) is -2.28. The van der Waals surface area contributed by atoms with Gasteiger partial charge in [-0.3, -0.25) is 33.0 Å². The summed E-state index contributed by atoms with van der Waals surface area (Å²) >= 11 is 0. The lowest BCUT2D eigenvalue weighted by atomic mass is 10.0. The number of ether oxygens (including phenoxy) is 6. The Hall–Kier alpha value is -3.59. The molecule has 3 amide bonds. The van der Waals surface area contributed by atoms with Gasteiger partial charge in [-0.1, -0.05) is 20.3 Å². The highest BCUT2D eigenvalue weighted by Gasteiger charge is 2.49. The Kier molecular flexibility index (Phi) is 37.4. The van der Waals surface area contributed by atoms with E-state index in [1.807, 2.05) is 13.8 Å². The Labute approximate surface area is 392 Å². The normalized spacial score (nSPS) is 23.7. The van der Waals surface area contributed by atoms with Crippen molar-refractivity contribution in [2.45, 2.75) is 136 Å². The number of hydrogen-bond donors (Lipinski definition) is 8. The summed E-state index contributed by atoms with van der Waals surface area (Å²) < 4.78 is 61.3. The van der Waals surface area contributed by atoms with Crippen LogP contribution in [0.5, 0.6) is 0 Å². The van der Waals surface area contributed by atoms with Gasteiger partial charge in [-0.2, -0.15) is 4.99 Å². The fraction of sp³-hybridized carbons (Fsp3) is 0.769. The fourth-order valence-corrected chi connectivity index (χ4v) is 7.15. The monoisotopic (exact) mass is 1010 g/mol. The highest BCUT2D eigenvalue weighted by Crippen LogP contribution is 2.48. The molecule has 2 rings (SSSR count). The van der Waals surface area contributed by atoms with Gasteiger partial charge in [0.25, 0.3) is 0 Å². The molecular formula is C39H73N5O21P2. The molecule has 0 saturated carbocycles. The number of methoxy groups -OCH3 is 1. The summed E-state index contributed by atoms with van der Waals surface area (Å²) in [6, 6.07) is 0. The van der Waals surface area contributed by atoms with E-state index in [1.165, 1.54) is 59.0 Å². The molecule has 10 atom stereocenters. The summed E-state index contributed by atoms with van der Waals surface area (Å²) in [6.07, 6.45) is -1.87. The summed E-state index contributed by atoms with van der Waals surface area (Å²) in [5, 5.41) is 23.6. The number of phosphoric ester groups is 1. The predicted molar refractivity (Wildman–Crippen MR) is 239 cm³/mol. The van der Waals surface area contributed by atoms with Crippen LogP contribution in [0.1, 0.15) is 86.5 Å². The van der Waals surface area contributed by atoms with Gasteiger partial charge >= 0.3 is 28.4 Å². The second-order valence-electron chi connectivity index (χ2n) is 14.1. The maximum atomic E-state index is 12.9. The first-order valence-corrected chi connectivity index (χ1v) is 23.9. The largest absolute Gasteiger partial charge is 0.472 e. The molecule has 10 unspecified atom stereocenters. The molecule has 0 aromatic heterocycles. The first-order chi connectivity index (χ1) is 31.6. The van der Waals surface area contributed by atoms with Crippen LogP contribution >= 0.6 is 16.4 Å². The van der Waals surface area contributed by atoms with Gasteiger partial charge in [-0.25, -0.2) is 4.57 Å². The summed E-state index contributed by atoms with van der Waals surface area (Å²) in [6.45, 7) is 8.42. The molecule has 0 spiro atoms. The third-order valence-corrected chi connectivity index (χ3v) is 10.1. The number of nitrogens with zero attached hydrogens (tertiary/aromatic N) is 2. The summed E-state index contributed by atoms with van der Waals surface area (Å²) in [5.41, 5.74) is 10.0. The molecule has 2 aliphatic rings. The molecule has 2 fully saturated rings. The van der Waals surface area contributed by atoms with Crippen molar-refractivity contribution in [2.75, 3.05) is 53.7 Å². The van der Waals surface area contributed by atoms with Crippen LogP contribution in [0.4, 0.5) is 0 Å². The minimum absolute atomic E-state index is 0.151. The van der Waals surface area contributed by atoms with E-state index in [9.17, 15) is 53.4 Å². The van der Waals surface area contributed by atoms with Gasteiger partial charge in [0.15, 0.2) is 18.6 Å². The first kappa shape index (κ1) is 65.5. The number of phosphoric acid groups is 1. The number of carbonyl (C=O) groups excluding carboxylic acids is 6. The van der Waals surface area contributed by atoms with E-state index in [0.717, 1.165) is 6.29 Å². The topological polar surface area (TPSA) is 383 Å². The third-order valence-electron chi connectivity index (χ3n) is 8.74. The average Bonchev–Trinajstić information content (AvgIpc) is 3.56. The Balaban J connectivity index is 0.